The third-order valence-corrected chi connectivity index (χ3v) is 1.91. The van der Waals surface area contributed by atoms with Gasteiger partial charge in [0.25, 0.3) is 0 Å². The van der Waals surface area contributed by atoms with E-state index >= 15 is 0 Å². The lowest BCUT2D eigenvalue weighted by Crippen LogP contribution is -2.39. The minimum Gasteiger partial charge on any atom is -0.460 e. The Hall–Kier alpha value is -0.610. The molecule has 0 aromatic heterocycles. The van der Waals surface area contributed by atoms with E-state index in [1.165, 1.54) is 6.92 Å². The van der Waals surface area contributed by atoms with Gasteiger partial charge in [0.05, 0.1) is 6.10 Å². The first-order valence-electron chi connectivity index (χ1n) is 4.10. The van der Waals surface area contributed by atoms with E-state index in [4.69, 9.17) is 14.6 Å². The summed E-state index contributed by atoms with van der Waals surface area (Å²) < 4.78 is 10.1. The summed E-state index contributed by atoms with van der Waals surface area (Å²) in [6, 6.07) is 0. The maximum absolute atomic E-state index is 10.6. The van der Waals surface area contributed by atoms with Gasteiger partial charge in [-0.25, -0.2) is 0 Å². The average Bonchev–Trinajstić information content (AvgIpc) is 1.94. The number of rotatable bonds is 1. The third-order valence-electron chi connectivity index (χ3n) is 1.91. The number of aliphatic hydroxyl groups excluding tert-OH is 1. The molecule has 0 aromatic rings. The van der Waals surface area contributed by atoms with E-state index in [-0.39, 0.29) is 18.2 Å². The molecule has 0 amide bonds. The number of ether oxygens (including phenoxy) is 2. The van der Waals surface area contributed by atoms with Crippen molar-refractivity contribution in [2.24, 2.45) is 0 Å². The molecule has 1 saturated heterocycles. The molecule has 0 aromatic carbocycles. The molecule has 70 valence electrons. The van der Waals surface area contributed by atoms with Crippen LogP contribution < -0.4 is 0 Å². The van der Waals surface area contributed by atoms with Gasteiger partial charge in [0.1, 0.15) is 6.10 Å². The highest BCUT2D eigenvalue weighted by atomic mass is 16.6. The van der Waals surface area contributed by atoms with Gasteiger partial charge in [-0.1, -0.05) is 0 Å². The van der Waals surface area contributed by atoms with Crippen molar-refractivity contribution in [2.75, 3.05) is 0 Å². The van der Waals surface area contributed by atoms with Gasteiger partial charge in [-0.05, 0) is 13.3 Å². The molecule has 4 nitrogen and oxygen atoms in total. The lowest BCUT2D eigenvalue weighted by molar-refractivity contribution is -0.205. The van der Waals surface area contributed by atoms with E-state index in [0.29, 0.717) is 12.8 Å². The monoisotopic (exact) mass is 174 g/mol. The largest absolute Gasteiger partial charge is 0.460 e. The summed E-state index contributed by atoms with van der Waals surface area (Å²) in [6.07, 6.45) is 0.0832. The minimum absolute atomic E-state index is 0.203. The van der Waals surface area contributed by atoms with Gasteiger partial charge in [-0.15, -0.1) is 0 Å². The smallest absolute Gasteiger partial charge is 0.302 e. The Labute approximate surface area is 71.5 Å². The molecule has 0 aliphatic carbocycles. The Morgan fingerprint density at radius 2 is 2.25 bits per heavy atom. The average molecular weight is 174 g/mol. The number of aliphatic hydroxyl groups is 1. The van der Waals surface area contributed by atoms with Gasteiger partial charge in [-0.3, -0.25) is 4.79 Å². The predicted molar refractivity (Wildman–Crippen MR) is 41.3 cm³/mol. The molecule has 1 aliphatic rings. The molecule has 0 bridgehead atoms. The molecule has 0 radical (unpaired) electrons. The molecule has 12 heavy (non-hydrogen) atoms. The van der Waals surface area contributed by atoms with Gasteiger partial charge in [-0.2, -0.15) is 0 Å². The molecule has 4 heteroatoms. The van der Waals surface area contributed by atoms with Crippen molar-refractivity contribution >= 4 is 5.97 Å². The number of carbonyl (C=O) groups is 1. The van der Waals surface area contributed by atoms with Crippen LogP contribution in [0.5, 0.6) is 0 Å². The second kappa shape index (κ2) is 3.87. The normalized spacial score (nSPS) is 36.1. The Balaban J connectivity index is 2.39. The fraction of sp³-hybridized carbons (Fsp3) is 0.875. The molecule has 1 heterocycles. The Morgan fingerprint density at radius 1 is 1.58 bits per heavy atom. The van der Waals surface area contributed by atoms with Crippen molar-refractivity contribution in [3.05, 3.63) is 0 Å². The number of esters is 1. The third kappa shape index (κ3) is 2.46. The lowest BCUT2D eigenvalue weighted by atomic mass is 10.1. The van der Waals surface area contributed by atoms with Gasteiger partial charge in [0.2, 0.25) is 0 Å². The van der Waals surface area contributed by atoms with E-state index < -0.39 is 6.29 Å². The predicted octanol–water partition coefficient (Wildman–Crippen LogP) is 0.435. The van der Waals surface area contributed by atoms with E-state index in [1.54, 1.807) is 6.92 Å². The van der Waals surface area contributed by atoms with E-state index in [9.17, 15) is 4.79 Å². The van der Waals surface area contributed by atoms with Crippen LogP contribution in [0.3, 0.4) is 0 Å². The first-order valence-corrected chi connectivity index (χ1v) is 4.10. The number of carbonyl (C=O) groups excluding carboxylic acids is 1. The zero-order valence-electron chi connectivity index (χ0n) is 7.32. The molecular weight excluding hydrogens is 160 g/mol. The van der Waals surface area contributed by atoms with Crippen LogP contribution in [0.1, 0.15) is 26.7 Å². The maximum Gasteiger partial charge on any atom is 0.302 e. The summed E-state index contributed by atoms with van der Waals surface area (Å²) in [6.45, 7) is 3.16. The maximum atomic E-state index is 10.6. The molecule has 1 aliphatic heterocycles. The minimum atomic E-state index is -0.702. The summed E-state index contributed by atoms with van der Waals surface area (Å²) in [5, 5.41) is 9.07. The molecule has 0 saturated carbocycles. The van der Waals surface area contributed by atoms with Crippen LogP contribution in [0.4, 0.5) is 0 Å². The molecular formula is C8H14O4. The van der Waals surface area contributed by atoms with Crippen LogP contribution in [0.15, 0.2) is 0 Å². The zero-order chi connectivity index (χ0) is 9.14. The van der Waals surface area contributed by atoms with Gasteiger partial charge >= 0.3 is 5.97 Å². The van der Waals surface area contributed by atoms with Crippen LogP contribution >= 0.6 is 0 Å². The molecule has 1 fully saturated rings. The molecule has 1 unspecified atom stereocenters. The van der Waals surface area contributed by atoms with Crippen molar-refractivity contribution in [1.29, 1.82) is 0 Å². The van der Waals surface area contributed by atoms with Crippen molar-refractivity contribution in [2.45, 2.75) is 45.2 Å². The highest BCUT2D eigenvalue weighted by Gasteiger charge is 2.28. The fourth-order valence-electron chi connectivity index (χ4n) is 1.31. The van der Waals surface area contributed by atoms with Crippen LogP contribution in [-0.2, 0) is 14.3 Å². The quantitative estimate of drug-likeness (QED) is 0.586. The fourth-order valence-corrected chi connectivity index (χ4v) is 1.31. The molecule has 3 atom stereocenters. The summed E-state index contributed by atoms with van der Waals surface area (Å²) in [5.41, 5.74) is 0. The summed E-state index contributed by atoms with van der Waals surface area (Å²) in [4.78, 5) is 10.6. The van der Waals surface area contributed by atoms with Crippen molar-refractivity contribution in [1.82, 2.24) is 0 Å². The van der Waals surface area contributed by atoms with Crippen LogP contribution in [0, 0.1) is 0 Å². The topological polar surface area (TPSA) is 55.8 Å². The van der Waals surface area contributed by atoms with Crippen molar-refractivity contribution in [3.63, 3.8) is 0 Å². The molecule has 1 N–H and O–H groups in total. The first kappa shape index (κ1) is 9.48. The second-order valence-corrected chi connectivity index (χ2v) is 3.02. The van der Waals surface area contributed by atoms with E-state index in [0.717, 1.165) is 0 Å². The van der Waals surface area contributed by atoms with Crippen LogP contribution in [0.25, 0.3) is 0 Å². The van der Waals surface area contributed by atoms with Gasteiger partial charge in [0, 0.05) is 13.3 Å². The van der Waals surface area contributed by atoms with Crippen molar-refractivity contribution in [3.8, 4) is 0 Å². The Bertz CT molecular complexity index is 168. The Morgan fingerprint density at radius 3 is 2.75 bits per heavy atom. The SMILES string of the molecule is CC(=O)O[C@H]1CC[C@H](O)OC1C. The van der Waals surface area contributed by atoms with Crippen LogP contribution in [0.2, 0.25) is 0 Å². The van der Waals surface area contributed by atoms with Gasteiger partial charge < -0.3 is 14.6 Å². The zero-order valence-corrected chi connectivity index (χ0v) is 7.32. The first-order chi connectivity index (χ1) is 5.59. The number of hydrogen-bond acceptors (Lipinski definition) is 4. The van der Waals surface area contributed by atoms with E-state index in [1.807, 2.05) is 0 Å². The van der Waals surface area contributed by atoms with Crippen LogP contribution in [-0.4, -0.2) is 29.6 Å². The van der Waals surface area contributed by atoms with E-state index in [2.05, 4.69) is 0 Å². The number of hydrogen-bond donors (Lipinski definition) is 1. The lowest BCUT2D eigenvalue weighted by Gasteiger charge is -2.31. The summed E-state index contributed by atoms with van der Waals surface area (Å²) >= 11 is 0. The highest BCUT2D eigenvalue weighted by Crippen LogP contribution is 2.20. The summed E-state index contributed by atoms with van der Waals surface area (Å²) in [7, 11) is 0. The second-order valence-electron chi connectivity index (χ2n) is 3.02. The Kier molecular flexibility index (Phi) is 3.05. The highest BCUT2D eigenvalue weighted by molar-refractivity contribution is 5.66. The summed E-state index contributed by atoms with van der Waals surface area (Å²) in [5.74, 6) is -0.299. The van der Waals surface area contributed by atoms with Gasteiger partial charge in [0.15, 0.2) is 6.29 Å². The molecule has 1 rings (SSSR count). The standard InChI is InChI=1S/C8H14O4/c1-5-7(12-6(2)9)3-4-8(10)11-5/h5,7-8,10H,3-4H2,1-2H3/t5?,7-,8+/m0/s1. The molecule has 0 spiro atoms. The van der Waals surface area contributed by atoms with Crippen molar-refractivity contribution < 1.29 is 19.4 Å².